The molecule has 1 atom stereocenters. The zero-order valence-electron chi connectivity index (χ0n) is 46.7. The maximum atomic E-state index is 13.5. The van der Waals surface area contributed by atoms with Crippen molar-refractivity contribution < 1.29 is 54.4 Å². The molecule has 0 saturated heterocycles. The summed E-state index contributed by atoms with van der Waals surface area (Å²) in [5.74, 6) is -0.171. The molecule has 3 heterocycles. The van der Waals surface area contributed by atoms with E-state index in [-0.39, 0.29) is 93.2 Å². The number of sulfonamides is 1. The van der Waals surface area contributed by atoms with Crippen molar-refractivity contribution in [2.24, 2.45) is 0 Å². The van der Waals surface area contributed by atoms with Crippen molar-refractivity contribution in [2.45, 2.75) is 82.3 Å². The van der Waals surface area contributed by atoms with Gasteiger partial charge in [0.15, 0.2) is 0 Å². The molecule has 1 unspecified atom stereocenters. The second-order valence-corrected chi connectivity index (χ2v) is 22.6. The van der Waals surface area contributed by atoms with E-state index < -0.39 is 25.0 Å². The molecule has 21 nitrogen and oxygen atoms in total. The van der Waals surface area contributed by atoms with Gasteiger partial charge < -0.3 is 39.1 Å². The number of carbonyl (C=O) groups is 3. The van der Waals surface area contributed by atoms with Gasteiger partial charge in [-0.25, -0.2) is 22.4 Å². The molecule has 23 heteroatoms. The Morgan fingerprint density at radius 2 is 1.48 bits per heavy atom. The summed E-state index contributed by atoms with van der Waals surface area (Å²) in [6.45, 7) is 13.4. The summed E-state index contributed by atoms with van der Waals surface area (Å²) in [7, 11) is -9.22. The van der Waals surface area contributed by atoms with E-state index in [4.69, 9.17) is 18.6 Å². The Kier molecular flexibility index (Phi) is 21.1. The zero-order valence-corrected chi connectivity index (χ0v) is 48.3. The number of ether oxygens (including phenoxy) is 3. The molecule has 4 N–H and O–H groups in total. The molecule has 1 aliphatic carbocycles. The maximum absolute atomic E-state index is 13.5. The average molecular weight is 1160 g/mol. The van der Waals surface area contributed by atoms with E-state index >= 15 is 0 Å². The van der Waals surface area contributed by atoms with Crippen LogP contribution >= 0.6 is 0 Å². The third kappa shape index (κ3) is 15.4. The minimum Gasteiger partial charge on any atom is -0.456 e. The number of anilines is 2. The van der Waals surface area contributed by atoms with Crippen LogP contribution in [-0.2, 0) is 57.0 Å². The molecular formula is C59H72N9O12S2+. The van der Waals surface area contributed by atoms with Crippen LogP contribution in [0.1, 0.15) is 81.0 Å². The Balaban J connectivity index is 0.732. The second-order valence-electron chi connectivity index (χ2n) is 19.4. The first kappa shape index (κ1) is 60.7. The molecule has 2 aliphatic heterocycles. The number of nitrogens with one attached hydrogen (secondary N) is 3. The highest BCUT2D eigenvalue weighted by molar-refractivity contribution is 7.89. The predicted molar refractivity (Wildman–Crippen MR) is 311 cm³/mol. The number of benzene rings is 5. The first-order valence-corrected chi connectivity index (χ1v) is 30.6. The van der Waals surface area contributed by atoms with Crippen molar-refractivity contribution in [3.8, 4) is 22.5 Å². The third-order valence-corrected chi connectivity index (χ3v) is 16.6. The standard InChI is InChI=1S/C59H71N9O12S2/c1-5-65(6-2)44-20-23-48-53(37-44)80-54-38-45(66(7-3)8-4)21-24-49(54)58(48)50-25-22-46(39-55(50)82(74,75)76)81(72,73)61-28-31-77-33-35-79-36-34-78-32-30-67-41-43(63-64-67)40-60-56(69)26-27-57(70)62-51-18-14-29-68(52-19-13-12-17-47(51)52)59(71)42-15-10-9-11-16-42/h9-13,15-17,19-25,37-39,41,51,61H,5-8,14,18,26-36,40H2,1-4H3,(H2-,60,62,69,70,74,75,76)/p+1. The van der Waals surface area contributed by atoms with Gasteiger partial charge in [-0.15, -0.1) is 5.10 Å². The number of aromatic nitrogens is 3. The molecule has 3 aliphatic rings. The monoisotopic (exact) mass is 1160 g/mol. The summed E-state index contributed by atoms with van der Waals surface area (Å²) < 4.78 is 93.5. The van der Waals surface area contributed by atoms with E-state index in [0.29, 0.717) is 71.7 Å². The van der Waals surface area contributed by atoms with Crippen molar-refractivity contribution >= 4 is 60.2 Å². The third-order valence-electron chi connectivity index (χ3n) is 14.2. The Morgan fingerprint density at radius 1 is 0.780 bits per heavy atom. The van der Waals surface area contributed by atoms with Crippen LogP contribution in [0.5, 0.6) is 0 Å². The predicted octanol–water partition coefficient (Wildman–Crippen LogP) is 6.42. The minimum absolute atomic E-state index is 0.00312. The molecule has 0 spiro atoms. The van der Waals surface area contributed by atoms with Crippen molar-refractivity contribution in [1.82, 2.24) is 34.9 Å². The van der Waals surface area contributed by atoms with E-state index in [2.05, 4.69) is 62.8 Å². The van der Waals surface area contributed by atoms with Gasteiger partial charge in [0.05, 0.1) is 75.9 Å². The lowest BCUT2D eigenvalue weighted by Crippen LogP contribution is -2.32. The number of rotatable bonds is 28. The summed E-state index contributed by atoms with van der Waals surface area (Å²) in [5, 5.41) is 15.6. The van der Waals surface area contributed by atoms with Crippen LogP contribution in [0.3, 0.4) is 0 Å². The Morgan fingerprint density at radius 3 is 2.21 bits per heavy atom. The first-order valence-electron chi connectivity index (χ1n) is 27.7. The SMILES string of the molecule is CCN(CC)c1ccc2c(-c3ccc(S(=O)(=O)NCCOCCOCCOCCn4cc(CNC(=O)CCC(=O)NC5CCCN(C(=O)c6ccccc6)c6ccccc65)nn4)cc3S(=O)(=O)O)c3ccc(=[N+](CC)CC)cc-3oc2c1. The number of carbonyl (C=O) groups excluding carboxylic acids is 3. The largest absolute Gasteiger partial charge is 0.456 e. The van der Waals surface area contributed by atoms with E-state index in [9.17, 15) is 35.8 Å². The summed E-state index contributed by atoms with van der Waals surface area (Å²) in [6, 6.07) is 31.4. The highest BCUT2D eigenvalue weighted by Gasteiger charge is 2.30. The van der Waals surface area contributed by atoms with Gasteiger partial charge in [0.25, 0.3) is 16.0 Å². The van der Waals surface area contributed by atoms with E-state index in [0.717, 1.165) is 54.5 Å². The number of para-hydroxylation sites is 1. The molecule has 4 aromatic carbocycles. The number of amides is 3. The van der Waals surface area contributed by atoms with Crippen LogP contribution < -0.4 is 35.1 Å². The fraction of sp³-hybridized carbons (Fsp3) is 0.390. The quantitative estimate of drug-likeness (QED) is 0.0179. The van der Waals surface area contributed by atoms with Gasteiger partial charge in [0.1, 0.15) is 35.0 Å². The van der Waals surface area contributed by atoms with Crippen LogP contribution in [0.2, 0.25) is 0 Å². The number of hydrogen-bond acceptors (Lipinski definition) is 14. The Bertz CT molecular complexity index is 3600. The van der Waals surface area contributed by atoms with Crippen LogP contribution in [0.15, 0.2) is 130 Å². The van der Waals surface area contributed by atoms with Crippen molar-refractivity contribution in [3.63, 3.8) is 0 Å². The molecule has 436 valence electrons. The molecule has 82 heavy (non-hydrogen) atoms. The van der Waals surface area contributed by atoms with Gasteiger partial charge in [-0.1, -0.05) is 47.7 Å². The molecular weight excluding hydrogens is 1090 g/mol. The lowest BCUT2D eigenvalue weighted by molar-refractivity contribution is -0.127. The molecule has 0 bridgehead atoms. The van der Waals surface area contributed by atoms with Crippen LogP contribution in [-0.4, -0.2) is 133 Å². The smallest absolute Gasteiger partial charge is 0.295 e. The van der Waals surface area contributed by atoms with Gasteiger partial charge in [-0.05, 0) is 94.6 Å². The Labute approximate surface area is 478 Å². The van der Waals surface area contributed by atoms with Gasteiger partial charge in [0, 0.05) is 90.2 Å². The minimum atomic E-state index is -4.96. The van der Waals surface area contributed by atoms with Gasteiger partial charge in [-0.2, -0.15) is 8.42 Å². The first-order chi connectivity index (χ1) is 39.6. The summed E-state index contributed by atoms with van der Waals surface area (Å²) in [6.07, 6.45) is 3.01. The van der Waals surface area contributed by atoms with Gasteiger partial charge >= 0.3 is 0 Å². The maximum Gasteiger partial charge on any atom is 0.295 e. The Hall–Kier alpha value is -7.38. The molecule has 0 saturated carbocycles. The zero-order chi connectivity index (χ0) is 58.2. The molecule has 0 radical (unpaired) electrons. The van der Waals surface area contributed by atoms with Crippen LogP contribution in [0.4, 0.5) is 11.4 Å². The van der Waals surface area contributed by atoms with Gasteiger partial charge in [-0.3, -0.25) is 18.9 Å². The molecule has 0 fully saturated rings. The number of hydrogen-bond donors (Lipinski definition) is 4. The summed E-state index contributed by atoms with van der Waals surface area (Å²) in [4.78, 5) is 42.2. The van der Waals surface area contributed by atoms with E-state index in [1.54, 1.807) is 27.9 Å². The number of fused-ring (bicyclic) bond motifs is 3. The van der Waals surface area contributed by atoms with Crippen molar-refractivity contribution in [1.29, 1.82) is 0 Å². The van der Waals surface area contributed by atoms with Crippen LogP contribution in [0.25, 0.3) is 33.4 Å². The molecule has 5 aromatic rings. The highest BCUT2D eigenvalue weighted by atomic mass is 32.2. The molecule has 1 aromatic heterocycles. The van der Waals surface area contributed by atoms with E-state index in [1.165, 1.54) is 12.1 Å². The van der Waals surface area contributed by atoms with Gasteiger partial charge in [0.2, 0.25) is 27.2 Å². The number of nitrogens with zero attached hydrogens (tertiary/aromatic N) is 6. The van der Waals surface area contributed by atoms with E-state index in [1.807, 2.05) is 78.9 Å². The normalized spacial score (nSPS) is 13.7. The lowest BCUT2D eigenvalue weighted by atomic mass is 9.93. The average Bonchev–Trinajstić information content (AvgIpc) is 3.57. The molecule has 3 amide bonds. The summed E-state index contributed by atoms with van der Waals surface area (Å²) in [5.41, 5.74) is 5.31. The van der Waals surface area contributed by atoms with Crippen molar-refractivity contribution in [3.05, 3.63) is 138 Å². The van der Waals surface area contributed by atoms with Crippen molar-refractivity contribution in [2.75, 3.05) is 88.7 Å². The fourth-order valence-electron chi connectivity index (χ4n) is 10.0. The fourth-order valence-corrected chi connectivity index (χ4v) is 11.8. The molecule has 8 rings (SSSR count). The second kappa shape index (κ2) is 28.5. The highest BCUT2D eigenvalue weighted by Crippen LogP contribution is 2.43. The van der Waals surface area contributed by atoms with Crippen LogP contribution in [0, 0.1) is 0 Å². The lowest BCUT2D eigenvalue weighted by Gasteiger charge is -2.24. The summed E-state index contributed by atoms with van der Waals surface area (Å²) >= 11 is 0. The topological polar surface area (TPSA) is 257 Å².